The minimum atomic E-state index is 0.152. The zero-order valence-corrected chi connectivity index (χ0v) is 10.3. The van der Waals surface area contributed by atoms with E-state index in [-0.39, 0.29) is 11.9 Å². The number of rotatable bonds is 1. The molecule has 0 spiro atoms. The maximum atomic E-state index is 11.5. The minimum Gasteiger partial charge on any atom is -0.339 e. The van der Waals surface area contributed by atoms with Gasteiger partial charge < -0.3 is 4.90 Å². The summed E-state index contributed by atoms with van der Waals surface area (Å²) < 4.78 is 0. The number of amides is 1. The van der Waals surface area contributed by atoms with E-state index in [1.165, 1.54) is 23.1 Å². The number of hydrogen-bond acceptors (Lipinski definition) is 1. The van der Waals surface area contributed by atoms with Gasteiger partial charge in [-0.25, -0.2) is 0 Å². The zero-order chi connectivity index (χ0) is 11.7. The molecule has 0 bridgehead atoms. The smallest absolute Gasteiger partial charge is 0.219 e. The molecule has 0 saturated heterocycles. The molecule has 16 heavy (non-hydrogen) atoms. The highest BCUT2D eigenvalue weighted by Crippen LogP contribution is 2.34. The summed E-state index contributed by atoms with van der Waals surface area (Å²) in [5, 5.41) is 0. The molecule has 2 nitrogen and oxygen atoms in total. The van der Waals surface area contributed by atoms with Crippen LogP contribution in [0.25, 0.3) is 0 Å². The molecule has 1 aromatic rings. The Kier molecular flexibility index (Phi) is 2.99. The summed E-state index contributed by atoms with van der Waals surface area (Å²) in [5.41, 5.74) is 4.04. The van der Waals surface area contributed by atoms with Crippen molar-refractivity contribution < 1.29 is 4.79 Å². The Morgan fingerprint density at radius 3 is 2.88 bits per heavy atom. The molecule has 1 amide bonds. The predicted molar refractivity (Wildman–Crippen MR) is 65.3 cm³/mol. The fraction of sp³-hybridized carbons (Fsp3) is 0.500. The van der Waals surface area contributed by atoms with Crippen molar-refractivity contribution in [3.05, 3.63) is 34.9 Å². The first-order valence-electron chi connectivity index (χ1n) is 5.92. The maximum Gasteiger partial charge on any atom is 0.219 e. The Balaban J connectivity index is 2.38. The third-order valence-corrected chi connectivity index (χ3v) is 3.55. The third kappa shape index (κ3) is 1.97. The highest BCUT2D eigenvalue weighted by atomic mass is 16.2. The van der Waals surface area contributed by atoms with Gasteiger partial charge in [0.1, 0.15) is 0 Å². The molecule has 0 N–H and O–H groups in total. The Morgan fingerprint density at radius 2 is 2.19 bits per heavy atom. The van der Waals surface area contributed by atoms with Crippen LogP contribution in [0.15, 0.2) is 18.2 Å². The van der Waals surface area contributed by atoms with Crippen LogP contribution in [0.2, 0.25) is 0 Å². The van der Waals surface area contributed by atoms with Crippen LogP contribution in [0.1, 0.15) is 42.5 Å². The van der Waals surface area contributed by atoms with Crippen molar-refractivity contribution in [3.63, 3.8) is 0 Å². The molecule has 0 fully saturated rings. The third-order valence-electron chi connectivity index (χ3n) is 3.55. The van der Waals surface area contributed by atoms with Gasteiger partial charge in [-0.15, -0.1) is 0 Å². The monoisotopic (exact) mass is 217 g/mol. The number of carbonyl (C=O) groups is 1. The molecule has 2 rings (SSSR count). The van der Waals surface area contributed by atoms with Crippen molar-refractivity contribution in [1.29, 1.82) is 0 Å². The van der Waals surface area contributed by atoms with E-state index >= 15 is 0 Å². The molecule has 0 unspecified atom stereocenters. The summed E-state index contributed by atoms with van der Waals surface area (Å²) in [7, 11) is 1.91. The van der Waals surface area contributed by atoms with E-state index in [4.69, 9.17) is 0 Å². The number of benzene rings is 1. The van der Waals surface area contributed by atoms with Gasteiger partial charge in [0, 0.05) is 14.0 Å². The normalized spacial score (nSPS) is 19.1. The predicted octanol–water partition coefficient (Wildman–Crippen LogP) is 2.85. The first kappa shape index (κ1) is 11.2. The van der Waals surface area contributed by atoms with E-state index in [0.29, 0.717) is 0 Å². The van der Waals surface area contributed by atoms with E-state index in [0.717, 1.165) is 12.8 Å². The molecular weight excluding hydrogens is 198 g/mol. The van der Waals surface area contributed by atoms with Crippen LogP contribution in [-0.2, 0) is 11.2 Å². The summed E-state index contributed by atoms with van der Waals surface area (Å²) in [6.07, 6.45) is 3.42. The second kappa shape index (κ2) is 4.28. The average molecular weight is 217 g/mol. The topological polar surface area (TPSA) is 20.3 Å². The van der Waals surface area contributed by atoms with Crippen LogP contribution in [0, 0.1) is 6.92 Å². The van der Waals surface area contributed by atoms with Crippen LogP contribution >= 0.6 is 0 Å². The van der Waals surface area contributed by atoms with E-state index in [1.807, 2.05) is 11.9 Å². The van der Waals surface area contributed by atoms with Crippen LogP contribution in [0.4, 0.5) is 0 Å². The molecule has 1 aliphatic carbocycles. The zero-order valence-electron chi connectivity index (χ0n) is 10.3. The van der Waals surface area contributed by atoms with Gasteiger partial charge in [-0.3, -0.25) is 4.79 Å². The summed E-state index contributed by atoms with van der Waals surface area (Å²) >= 11 is 0. The number of fused-ring (bicyclic) bond motifs is 1. The number of carbonyl (C=O) groups excluding carboxylic acids is 1. The number of aryl methyl sites for hydroxylation is 2. The van der Waals surface area contributed by atoms with Gasteiger partial charge in [0.25, 0.3) is 0 Å². The Hall–Kier alpha value is -1.31. The standard InChI is InChI=1S/C14H19NO/c1-10-7-8-12-5-4-6-14(13(12)9-10)15(3)11(2)16/h7-9,14H,4-6H2,1-3H3/t14-/m1/s1. The van der Waals surface area contributed by atoms with Gasteiger partial charge >= 0.3 is 0 Å². The number of nitrogens with zero attached hydrogens (tertiary/aromatic N) is 1. The Labute approximate surface area is 97.3 Å². The van der Waals surface area contributed by atoms with E-state index in [9.17, 15) is 4.79 Å². The lowest BCUT2D eigenvalue weighted by Crippen LogP contribution is -2.31. The summed E-state index contributed by atoms with van der Waals surface area (Å²) in [6.45, 7) is 3.75. The van der Waals surface area contributed by atoms with Crippen molar-refractivity contribution in [2.45, 2.75) is 39.2 Å². The van der Waals surface area contributed by atoms with Gasteiger partial charge in [0.15, 0.2) is 0 Å². The van der Waals surface area contributed by atoms with Gasteiger partial charge in [0.05, 0.1) is 6.04 Å². The van der Waals surface area contributed by atoms with Crippen molar-refractivity contribution in [2.24, 2.45) is 0 Å². The second-order valence-electron chi connectivity index (χ2n) is 4.74. The molecule has 0 aromatic heterocycles. The summed E-state index contributed by atoms with van der Waals surface area (Å²) in [6, 6.07) is 6.89. The molecule has 1 aromatic carbocycles. The van der Waals surface area contributed by atoms with Crippen LogP contribution in [0.5, 0.6) is 0 Å². The quantitative estimate of drug-likeness (QED) is 0.708. The van der Waals surface area contributed by atoms with Crippen molar-refractivity contribution >= 4 is 5.91 Å². The first-order valence-corrected chi connectivity index (χ1v) is 5.92. The molecule has 86 valence electrons. The SMILES string of the molecule is CC(=O)N(C)[C@@H]1CCCc2ccc(C)cc21. The molecule has 1 atom stereocenters. The van der Waals surface area contributed by atoms with Crippen LogP contribution in [-0.4, -0.2) is 17.9 Å². The van der Waals surface area contributed by atoms with E-state index in [2.05, 4.69) is 25.1 Å². The number of hydrogen-bond donors (Lipinski definition) is 0. The Morgan fingerprint density at radius 1 is 1.44 bits per heavy atom. The van der Waals surface area contributed by atoms with E-state index < -0.39 is 0 Å². The lowest BCUT2D eigenvalue weighted by atomic mass is 9.86. The van der Waals surface area contributed by atoms with Gasteiger partial charge in [0.2, 0.25) is 5.91 Å². The maximum absolute atomic E-state index is 11.5. The fourth-order valence-corrected chi connectivity index (χ4v) is 2.52. The highest BCUT2D eigenvalue weighted by molar-refractivity contribution is 5.73. The summed E-state index contributed by atoms with van der Waals surface area (Å²) in [4.78, 5) is 13.3. The van der Waals surface area contributed by atoms with Crippen molar-refractivity contribution in [3.8, 4) is 0 Å². The molecule has 0 heterocycles. The molecular formula is C14H19NO. The average Bonchev–Trinajstić information content (AvgIpc) is 2.27. The molecule has 0 aliphatic heterocycles. The van der Waals surface area contributed by atoms with Crippen molar-refractivity contribution in [1.82, 2.24) is 4.90 Å². The fourth-order valence-electron chi connectivity index (χ4n) is 2.52. The van der Waals surface area contributed by atoms with Crippen LogP contribution < -0.4 is 0 Å². The lowest BCUT2D eigenvalue weighted by molar-refractivity contribution is -0.130. The Bertz CT molecular complexity index is 411. The second-order valence-corrected chi connectivity index (χ2v) is 4.74. The van der Waals surface area contributed by atoms with Crippen LogP contribution in [0.3, 0.4) is 0 Å². The molecule has 0 saturated carbocycles. The van der Waals surface area contributed by atoms with Gasteiger partial charge in [-0.1, -0.05) is 23.8 Å². The minimum absolute atomic E-state index is 0.152. The van der Waals surface area contributed by atoms with Gasteiger partial charge in [-0.2, -0.15) is 0 Å². The molecule has 2 heteroatoms. The largest absolute Gasteiger partial charge is 0.339 e. The highest BCUT2D eigenvalue weighted by Gasteiger charge is 2.24. The first-order chi connectivity index (χ1) is 7.59. The lowest BCUT2D eigenvalue weighted by Gasteiger charge is -2.33. The summed E-state index contributed by atoms with van der Waals surface area (Å²) in [5.74, 6) is 0.152. The van der Waals surface area contributed by atoms with Crippen molar-refractivity contribution in [2.75, 3.05) is 7.05 Å². The van der Waals surface area contributed by atoms with E-state index in [1.54, 1.807) is 6.92 Å². The molecule has 1 aliphatic rings. The molecule has 0 radical (unpaired) electrons. The van der Waals surface area contributed by atoms with Gasteiger partial charge in [-0.05, 0) is 37.3 Å².